The van der Waals surface area contributed by atoms with Gasteiger partial charge >= 0.3 is 0 Å². The van der Waals surface area contributed by atoms with E-state index in [2.05, 4.69) is 6.92 Å². The zero-order valence-corrected chi connectivity index (χ0v) is 7.42. The molecule has 3 unspecified atom stereocenters. The highest BCUT2D eigenvalue weighted by Gasteiger charge is 2.21. The van der Waals surface area contributed by atoms with Crippen molar-refractivity contribution in [1.82, 2.24) is 0 Å². The third-order valence-corrected chi connectivity index (χ3v) is 2.41. The lowest BCUT2D eigenvalue weighted by atomic mass is 9.99. The van der Waals surface area contributed by atoms with E-state index < -0.39 is 0 Å². The van der Waals surface area contributed by atoms with E-state index in [9.17, 15) is 5.11 Å². The fourth-order valence-corrected chi connectivity index (χ4v) is 1.14. The van der Waals surface area contributed by atoms with Gasteiger partial charge in [-0.25, -0.2) is 0 Å². The Hall–Kier alpha value is -0.0800. The summed E-state index contributed by atoms with van der Waals surface area (Å²) in [6.45, 7) is 4.92. The molecule has 0 saturated carbocycles. The number of aliphatic hydroxyl groups is 1. The highest BCUT2D eigenvalue weighted by molar-refractivity contribution is 4.69. The molecule has 1 aliphatic rings. The van der Waals surface area contributed by atoms with E-state index in [1.54, 1.807) is 0 Å². The number of ether oxygens (including phenoxy) is 1. The fraction of sp³-hybridized carbons (Fsp3) is 1.00. The SMILES string of the molecule is CC(O)C(C)CCCC1CO1. The van der Waals surface area contributed by atoms with Gasteiger partial charge in [0.2, 0.25) is 0 Å². The molecule has 0 bridgehead atoms. The zero-order chi connectivity index (χ0) is 8.27. The molecule has 2 heteroatoms. The smallest absolute Gasteiger partial charge is 0.0810 e. The van der Waals surface area contributed by atoms with Crippen LogP contribution < -0.4 is 0 Å². The van der Waals surface area contributed by atoms with Crippen LogP contribution in [0.15, 0.2) is 0 Å². The van der Waals surface area contributed by atoms with Gasteiger partial charge in [0.1, 0.15) is 0 Å². The van der Waals surface area contributed by atoms with Gasteiger partial charge in [0.15, 0.2) is 0 Å². The standard InChI is InChI=1S/C9H18O2/c1-7(8(2)10)4-3-5-9-6-11-9/h7-10H,3-6H2,1-2H3. The van der Waals surface area contributed by atoms with Crippen molar-refractivity contribution in [3.63, 3.8) is 0 Å². The first-order valence-electron chi connectivity index (χ1n) is 4.50. The maximum Gasteiger partial charge on any atom is 0.0810 e. The van der Waals surface area contributed by atoms with Gasteiger partial charge in [-0.2, -0.15) is 0 Å². The van der Waals surface area contributed by atoms with Crippen LogP contribution in [0.3, 0.4) is 0 Å². The van der Waals surface area contributed by atoms with Crippen LogP contribution in [0, 0.1) is 5.92 Å². The summed E-state index contributed by atoms with van der Waals surface area (Å²) in [4.78, 5) is 0. The molecule has 1 rings (SSSR count). The maximum absolute atomic E-state index is 9.17. The molecule has 0 aromatic carbocycles. The summed E-state index contributed by atoms with van der Waals surface area (Å²) in [6, 6.07) is 0. The van der Waals surface area contributed by atoms with Crippen LogP contribution in [0.2, 0.25) is 0 Å². The van der Waals surface area contributed by atoms with Crippen molar-refractivity contribution in [2.24, 2.45) is 5.92 Å². The largest absolute Gasteiger partial charge is 0.393 e. The van der Waals surface area contributed by atoms with Crippen LogP contribution in [0.1, 0.15) is 33.1 Å². The van der Waals surface area contributed by atoms with Crippen molar-refractivity contribution in [3.05, 3.63) is 0 Å². The summed E-state index contributed by atoms with van der Waals surface area (Å²) in [7, 11) is 0. The molecule has 1 heterocycles. The van der Waals surface area contributed by atoms with Crippen LogP contribution in [-0.2, 0) is 4.74 Å². The Bertz CT molecular complexity index is 108. The molecule has 0 spiro atoms. The molecule has 1 fully saturated rings. The van der Waals surface area contributed by atoms with Gasteiger partial charge in [0.05, 0.1) is 18.8 Å². The summed E-state index contributed by atoms with van der Waals surface area (Å²) in [5.41, 5.74) is 0. The van der Waals surface area contributed by atoms with Gasteiger partial charge in [0.25, 0.3) is 0 Å². The van der Waals surface area contributed by atoms with E-state index >= 15 is 0 Å². The predicted octanol–water partition coefficient (Wildman–Crippen LogP) is 1.57. The number of hydrogen-bond acceptors (Lipinski definition) is 2. The van der Waals surface area contributed by atoms with Crippen LogP contribution in [-0.4, -0.2) is 23.9 Å². The van der Waals surface area contributed by atoms with Crippen LogP contribution in [0.25, 0.3) is 0 Å². The van der Waals surface area contributed by atoms with Crippen molar-refractivity contribution in [1.29, 1.82) is 0 Å². The second-order valence-corrected chi connectivity index (χ2v) is 3.60. The average Bonchev–Trinajstić information content (AvgIpc) is 2.71. The minimum absolute atomic E-state index is 0.157. The summed E-state index contributed by atoms with van der Waals surface area (Å²) < 4.78 is 5.09. The topological polar surface area (TPSA) is 32.8 Å². The molecule has 2 nitrogen and oxygen atoms in total. The Morgan fingerprint density at radius 2 is 2.18 bits per heavy atom. The Morgan fingerprint density at radius 3 is 2.64 bits per heavy atom. The van der Waals surface area contributed by atoms with E-state index in [1.165, 1.54) is 12.8 Å². The molecular weight excluding hydrogens is 140 g/mol. The second-order valence-electron chi connectivity index (χ2n) is 3.60. The summed E-state index contributed by atoms with van der Waals surface area (Å²) in [5, 5.41) is 9.17. The summed E-state index contributed by atoms with van der Waals surface area (Å²) >= 11 is 0. The minimum atomic E-state index is -0.157. The third kappa shape index (κ3) is 3.73. The molecule has 1 N–H and O–H groups in total. The predicted molar refractivity (Wildman–Crippen MR) is 44.4 cm³/mol. The molecular formula is C9H18O2. The van der Waals surface area contributed by atoms with Gasteiger partial charge in [-0.1, -0.05) is 13.3 Å². The van der Waals surface area contributed by atoms with Crippen molar-refractivity contribution >= 4 is 0 Å². The Balaban J connectivity index is 1.92. The molecule has 0 aromatic heterocycles. The molecule has 0 amide bonds. The molecule has 11 heavy (non-hydrogen) atoms. The third-order valence-electron chi connectivity index (χ3n) is 2.41. The number of hydrogen-bond donors (Lipinski definition) is 1. The normalized spacial score (nSPS) is 28.1. The van der Waals surface area contributed by atoms with Crippen molar-refractivity contribution < 1.29 is 9.84 Å². The highest BCUT2D eigenvalue weighted by atomic mass is 16.6. The highest BCUT2D eigenvalue weighted by Crippen LogP contribution is 2.19. The van der Waals surface area contributed by atoms with Crippen LogP contribution in [0.5, 0.6) is 0 Å². The maximum atomic E-state index is 9.17. The van der Waals surface area contributed by atoms with E-state index in [-0.39, 0.29) is 6.10 Å². The molecule has 3 atom stereocenters. The number of rotatable bonds is 5. The lowest BCUT2D eigenvalue weighted by Gasteiger charge is -2.13. The van der Waals surface area contributed by atoms with Crippen molar-refractivity contribution in [2.75, 3.05) is 6.61 Å². The second kappa shape index (κ2) is 4.07. The monoisotopic (exact) mass is 158 g/mol. The van der Waals surface area contributed by atoms with Crippen LogP contribution >= 0.6 is 0 Å². The minimum Gasteiger partial charge on any atom is -0.393 e. The molecule has 66 valence electrons. The van der Waals surface area contributed by atoms with E-state index in [1.807, 2.05) is 6.92 Å². The lowest BCUT2D eigenvalue weighted by Crippen LogP contribution is -2.12. The van der Waals surface area contributed by atoms with Gasteiger partial charge in [-0.15, -0.1) is 0 Å². The summed E-state index contributed by atoms with van der Waals surface area (Å²) in [5.74, 6) is 0.439. The zero-order valence-electron chi connectivity index (χ0n) is 7.42. The van der Waals surface area contributed by atoms with Crippen molar-refractivity contribution in [2.45, 2.75) is 45.3 Å². The Kier molecular flexibility index (Phi) is 3.34. The van der Waals surface area contributed by atoms with E-state index in [4.69, 9.17) is 4.74 Å². The first kappa shape index (κ1) is 9.01. The quantitative estimate of drug-likeness (QED) is 0.616. The Labute approximate surface area is 68.6 Å². The average molecular weight is 158 g/mol. The number of aliphatic hydroxyl groups excluding tert-OH is 1. The molecule has 0 aromatic rings. The first-order valence-corrected chi connectivity index (χ1v) is 4.50. The molecule has 1 saturated heterocycles. The number of epoxide rings is 1. The fourth-order valence-electron chi connectivity index (χ4n) is 1.14. The summed E-state index contributed by atoms with van der Waals surface area (Å²) in [6.07, 6.45) is 3.89. The van der Waals surface area contributed by atoms with E-state index in [0.717, 1.165) is 13.0 Å². The van der Waals surface area contributed by atoms with Crippen LogP contribution in [0.4, 0.5) is 0 Å². The molecule has 1 aliphatic heterocycles. The lowest BCUT2D eigenvalue weighted by molar-refractivity contribution is 0.128. The van der Waals surface area contributed by atoms with Crippen molar-refractivity contribution in [3.8, 4) is 0 Å². The molecule has 0 aliphatic carbocycles. The first-order chi connectivity index (χ1) is 5.20. The van der Waals surface area contributed by atoms with Gasteiger partial charge in [-0.05, 0) is 25.7 Å². The van der Waals surface area contributed by atoms with Gasteiger partial charge in [-0.3, -0.25) is 0 Å². The molecule has 0 radical (unpaired) electrons. The van der Waals surface area contributed by atoms with Gasteiger partial charge < -0.3 is 9.84 Å². The Morgan fingerprint density at radius 1 is 1.55 bits per heavy atom. The van der Waals surface area contributed by atoms with Gasteiger partial charge in [0, 0.05) is 0 Å². The van der Waals surface area contributed by atoms with E-state index in [0.29, 0.717) is 12.0 Å².